The van der Waals surface area contributed by atoms with Crippen LogP contribution in [0.2, 0.25) is 0 Å². The lowest BCUT2D eigenvalue weighted by atomic mass is 9.93. The molecule has 0 spiro atoms. The quantitative estimate of drug-likeness (QED) is 0.528. The average molecular weight is 487 g/mol. The molecule has 2 saturated carbocycles. The summed E-state index contributed by atoms with van der Waals surface area (Å²) < 4.78 is 25.0. The number of nitrogens with one attached hydrogen (secondary N) is 1. The number of nitrogens with two attached hydrogens (primary N) is 1. The molecule has 2 aliphatic carbocycles. The van der Waals surface area contributed by atoms with Gasteiger partial charge in [-0.25, -0.2) is 18.4 Å². The molecule has 2 unspecified atom stereocenters. The molecule has 10 heteroatoms. The second-order valence-corrected chi connectivity index (χ2v) is 13.6. The number of thiazole rings is 1. The zero-order chi connectivity index (χ0) is 23.5. The first-order chi connectivity index (χ1) is 15.5. The molecule has 8 nitrogen and oxygen atoms in total. The number of nitrogens with zero attached hydrogens (tertiary/aromatic N) is 4. The zero-order valence-corrected chi connectivity index (χ0v) is 21.1. The summed E-state index contributed by atoms with van der Waals surface area (Å²) in [5.74, 6) is 1.48. The zero-order valence-electron chi connectivity index (χ0n) is 19.4. The summed E-state index contributed by atoms with van der Waals surface area (Å²) >= 11 is 1.62. The summed E-state index contributed by atoms with van der Waals surface area (Å²) in [7, 11) is -3.16. The maximum atomic E-state index is 12.3. The fourth-order valence-corrected chi connectivity index (χ4v) is 6.72. The largest absolute Gasteiger partial charge is 0.368 e. The molecule has 3 N–H and O–H groups in total. The van der Waals surface area contributed by atoms with E-state index < -0.39 is 14.6 Å². The Hall–Kier alpha value is -2.33. The van der Waals surface area contributed by atoms with Crippen LogP contribution >= 0.6 is 11.3 Å². The number of fused-ring (bicyclic) bond motifs is 1. The molecule has 2 fully saturated rings. The molecule has 3 aromatic rings. The van der Waals surface area contributed by atoms with Crippen molar-refractivity contribution in [3.05, 3.63) is 23.7 Å². The lowest BCUT2D eigenvalue weighted by Crippen LogP contribution is -2.38. The van der Waals surface area contributed by atoms with E-state index >= 15 is 0 Å². The predicted octanol–water partition coefficient (Wildman–Crippen LogP) is 4.32. The fraction of sp³-hybridized carbons (Fsp3) is 0.565. The molecule has 0 aliphatic heterocycles. The molecule has 2 aliphatic rings. The minimum atomic E-state index is -3.16. The van der Waals surface area contributed by atoms with Crippen molar-refractivity contribution in [1.82, 2.24) is 19.9 Å². The topological polar surface area (TPSA) is 124 Å². The lowest BCUT2D eigenvalue weighted by molar-refractivity contribution is 0.404. The van der Waals surface area contributed by atoms with Gasteiger partial charge in [-0.2, -0.15) is 4.98 Å². The Morgan fingerprint density at radius 1 is 1.15 bits per heavy atom. The molecule has 2 atom stereocenters. The molecule has 3 aromatic heterocycles. The van der Waals surface area contributed by atoms with Crippen LogP contribution in [0.4, 0.5) is 11.8 Å². The number of aryl methyl sites for hydroxylation is 1. The van der Waals surface area contributed by atoms with Crippen LogP contribution in [0.1, 0.15) is 63.3 Å². The van der Waals surface area contributed by atoms with Gasteiger partial charge < -0.3 is 11.1 Å². The molecule has 0 bridgehead atoms. The van der Waals surface area contributed by atoms with Crippen molar-refractivity contribution in [1.29, 1.82) is 0 Å². The van der Waals surface area contributed by atoms with Crippen molar-refractivity contribution >= 4 is 43.2 Å². The van der Waals surface area contributed by atoms with E-state index in [1.54, 1.807) is 11.3 Å². The van der Waals surface area contributed by atoms with E-state index in [0.717, 1.165) is 51.4 Å². The van der Waals surface area contributed by atoms with Crippen molar-refractivity contribution in [3.63, 3.8) is 0 Å². The van der Waals surface area contributed by atoms with Gasteiger partial charge in [-0.15, -0.1) is 11.3 Å². The first-order valence-electron chi connectivity index (χ1n) is 11.4. The third-order valence-electron chi connectivity index (χ3n) is 7.33. The van der Waals surface area contributed by atoms with E-state index in [0.29, 0.717) is 11.7 Å². The Kier molecular flexibility index (Phi) is 5.36. The first-order valence-corrected chi connectivity index (χ1v) is 14.1. The number of hydrogen-bond donors (Lipinski definition) is 2. The summed E-state index contributed by atoms with van der Waals surface area (Å²) in [5.41, 5.74) is 9.70. The molecule has 3 heterocycles. The molecule has 5 rings (SSSR count). The Morgan fingerprint density at radius 3 is 2.61 bits per heavy atom. The molecule has 0 saturated heterocycles. The second-order valence-electron chi connectivity index (χ2n) is 9.95. The van der Waals surface area contributed by atoms with Gasteiger partial charge in [0.2, 0.25) is 5.95 Å². The van der Waals surface area contributed by atoms with Crippen LogP contribution in [0.3, 0.4) is 0 Å². The van der Waals surface area contributed by atoms with E-state index in [9.17, 15) is 8.42 Å². The van der Waals surface area contributed by atoms with Crippen LogP contribution in [0, 0.1) is 12.8 Å². The third-order valence-corrected chi connectivity index (χ3v) is 10.6. The van der Waals surface area contributed by atoms with Gasteiger partial charge in [-0.05, 0) is 64.9 Å². The van der Waals surface area contributed by atoms with Gasteiger partial charge in [0.15, 0.2) is 9.84 Å². The Bertz CT molecular complexity index is 1330. The third kappa shape index (κ3) is 4.07. The highest BCUT2D eigenvalue weighted by molar-refractivity contribution is 7.92. The molecule has 0 amide bonds. The lowest BCUT2D eigenvalue weighted by Gasteiger charge is -2.29. The predicted molar refractivity (Wildman–Crippen MR) is 133 cm³/mol. The minimum Gasteiger partial charge on any atom is -0.368 e. The van der Waals surface area contributed by atoms with Crippen LogP contribution in [0.25, 0.3) is 20.8 Å². The average Bonchev–Trinajstić information content (AvgIpc) is 3.29. The first kappa shape index (κ1) is 22.5. The monoisotopic (exact) mass is 486 g/mol. The van der Waals surface area contributed by atoms with Gasteiger partial charge in [0.1, 0.15) is 16.3 Å². The van der Waals surface area contributed by atoms with E-state index in [-0.39, 0.29) is 17.9 Å². The second kappa shape index (κ2) is 7.87. The highest BCUT2D eigenvalue weighted by Gasteiger charge is 2.43. The van der Waals surface area contributed by atoms with Crippen LogP contribution in [0.5, 0.6) is 0 Å². The van der Waals surface area contributed by atoms with Crippen molar-refractivity contribution < 1.29 is 8.42 Å². The maximum Gasteiger partial charge on any atom is 0.222 e. The number of rotatable bonds is 6. The van der Waals surface area contributed by atoms with Gasteiger partial charge in [0.25, 0.3) is 0 Å². The number of aromatic nitrogens is 4. The summed E-state index contributed by atoms with van der Waals surface area (Å²) in [6.07, 6.45) is 8.03. The Labute approximate surface area is 198 Å². The van der Waals surface area contributed by atoms with Gasteiger partial charge >= 0.3 is 0 Å². The van der Waals surface area contributed by atoms with Crippen molar-refractivity contribution in [2.24, 2.45) is 5.92 Å². The van der Waals surface area contributed by atoms with Crippen LogP contribution in [-0.4, -0.2) is 45.4 Å². The highest BCUT2D eigenvalue weighted by Crippen LogP contribution is 2.45. The smallest absolute Gasteiger partial charge is 0.222 e. The number of nitrogen functional groups attached to an aromatic ring is 1. The molecule has 33 heavy (non-hydrogen) atoms. The standard InChI is InChI=1S/C23H30N6O2S2/c1-12-17(21-28-19-16(32-21)9-10-25-18(19)13-5-6-13)20(29-22(24)26-12)27-15-8-7-14(11-15)23(2,3)33(4,30)31/h9-10,13-15H,5-8,11H2,1-4H3,(H3,24,26,27,29). The summed E-state index contributed by atoms with van der Waals surface area (Å²) in [6, 6.07) is 2.12. The van der Waals surface area contributed by atoms with Crippen LogP contribution in [-0.2, 0) is 9.84 Å². The van der Waals surface area contributed by atoms with E-state index in [1.165, 1.54) is 19.1 Å². The minimum absolute atomic E-state index is 0.0864. The number of anilines is 2. The van der Waals surface area contributed by atoms with Crippen LogP contribution in [0.15, 0.2) is 12.3 Å². The SMILES string of the molecule is Cc1nc(N)nc(NC2CCC(C(C)(C)S(C)(=O)=O)C2)c1-c1nc2c(C3CC3)nccc2s1. The van der Waals surface area contributed by atoms with Gasteiger partial charge in [-0.3, -0.25) is 4.98 Å². The normalized spacial score (nSPS) is 21.6. The van der Waals surface area contributed by atoms with E-state index in [2.05, 4.69) is 20.3 Å². The number of hydrogen-bond acceptors (Lipinski definition) is 9. The number of sulfone groups is 1. The maximum absolute atomic E-state index is 12.3. The Morgan fingerprint density at radius 2 is 1.91 bits per heavy atom. The van der Waals surface area contributed by atoms with Crippen molar-refractivity contribution in [2.75, 3.05) is 17.3 Å². The summed E-state index contributed by atoms with van der Waals surface area (Å²) in [6.45, 7) is 5.59. The summed E-state index contributed by atoms with van der Waals surface area (Å²) in [4.78, 5) is 18.5. The fourth-order valence-electron chi connectivity index (χ4n) is 4.83. The van der Waals surface area contributed by atoms with Crippen molar-refractivity contribution in [2.45, 2.75) is 69.6 Å². The van der Waals surface area contributed by atoms with Gasteiger partial charge in [0.05, 0.1) is 26.4 Å². The van der Waals surface area contributed by atoms with E-state index in [4.69, 9.17) is 10.7 Å². The Balaban J connectivity index is 1.48. The summed E-state index contributed by atoms with van der Waals surface area (Å²) in [5, 5.41) is 4.42. The highest BCUT2D eigenvalue weighted by atomic mass is 32.2. The molecule has 176 valence electrons. The van der Waals surface area contributed by atoms with Crippen molar-refractivity contribution in [3.8, 4) is 10.6 Å². The van der Waals surface area contributed by atoms with E-state index in [1.807, 2.05) is 33.0 Å². The van der Waals surface area contributed by atoms with Crippen LogP contribution < -0.4 is 11.1 Å². The van der Waals surface area contributed by atoms with Gasteiger partial charge in [-0.1, -0.05) is 0 Å². The van der Waals surface area contributed by atoms with Gasteiger partial charge in [0, 0.05) is 24.4 Å². The number of pyridine rings is 1. The molecule has 0 radical (unpaired) electrons. The molecular weight excluding hydrogens is 456 g/mol. The molecule has 0 aromatic carbocycles. The molecular formula is C23H30N6O2S2.